The van der Waals surface area contributed by atoms with Gasteiger partial charge in [0.1, 0.15) is 17.2 Å². The second-order valence-electron chi connectivity index (χ2n) is 2.60. The highest BCUT2D eigenvalue weighted by molar-refractivity contribution is 5.27. The number of rotatable bonds is 0. The van der Waals surface area contributed by atoms with E-state index in [1.807, 2.05) is 0 Å². The van der Waals surface area contributed by atoms with Gasteiger partial charge in [0.15, 0.2) is 0 Å². The molecule has 0 N–H and O–H groups in total. The fourth-order valence-electron chi connectivity index (χ4n) is 0.971. The van der Waals surface area contributed by atoms with Crippen LogP contribution in [-0.2, 0) is 6.18 Å². The van der Waals surface area contributed by atoms with Crippen molar-refractivity contribution in [2.45, 2.75) is 13.1 Å². The number of halogens is 5. The summed E-state index contributed by atoms with van der Waals surface area (Å²) >= 11 is 0. The number of benzene rings is 1. The summed E-state index contributed by atoms with van der Waals surface area (Å²) in [4.78, 5) is 0. The van der Waals surface area contributed by atoms with Crippen molar-refractivity contribution in [3.8, 4) is 0 Å². The van der Waals surface area contributed by atoms with Crippen LogP contribution in [0.4, 0.5) is 22.0 Å². The minimum Gasteiger partial charge on any atom is -0.206 e. The smallest absolute Gasteiger partial charge is 0.206 e. The molecule has 1 rings (SSSR count). The lowest BCUT2D eigenvalue weighted by Crippen LogP contribution is -2.11. The fraction of sp³-hybridized carbons (Fsp3) is 0.250. The zero-order chi connectivity index (χ0) is 10.2. The minimum atomic E-state index is -4.98. The van der Waals surface area contributed by atoms with Gasteiger partial charge in [0, 0.05) is 0 Å². The van der Waals surface area contributed by atoms with Crippen LogP contribution in [0.3, 0.4) is 0 Å². The van der Waals surface area contributed by atoms with Crippen LogP contribution >= 0.6 is 0 Å². The second kappa shape index (κ2) is 2.97. The quantitative estimate of drug-likeness (QED) is 0.558. The summed E-state index contributed by atoms with van der Waals surface area (Å²) < 4.78 is 61.2. The molecule has 0 aliphatic heterocycles. The molecule has 13 heavy (non-hydrogen) atoms. The Morgan fingerprint density at radius 1 is 1.00 bits per heavy atom. The molecular formula is C8H5F5. The average Bonchev–Trinajstić information content (AvgIpc) is 1.78. The molecule has 0 aromatic heterocycles. The third-order valence-corrected chi connectivity index (χ3v) is 1.47. The van der Waals surface area contributed by atoms with Crippen LogP contribution in [0.15, 0.2) is 12.1 Å². The predicted molar refractivity (Wildman–Crippen MR) is 36.1 cm³/mol. The van der Waals surface area contributed by atoms with E-state index in [1.165, 1.54) is 6.92 Å². The van der Waals surface area contributed by atoms with Gasteiger partial charge < -0.3 is 0 Å². The Morgan fingerprint density at radius 2 is 1.38 bits per heavy atom. The summed E-state index contributed by atoms with van der Waals surface area (Å²) in [5.41, 5.74) is -1.72. The lowest BCUT2D eigenvalue weighted by molar-refractivity contribution is -0.142. The van der Waals surface area contributed by atoms with Crippen molar-refractivity contribution >= 4 is 0 Å². The SMILES string of the molecule is Cc1cc(F)c(C(F)(F)F)c(F)c1. The molecule has 0 amide bonds. The molecule has 0 aliphatic carbocycles. The Hall–Kier alpha value is -1.13. The highest BCUT2D eigenvalue weighted by Gasteiger charge is 2.37. The van der Waals surface area contributed by atoms with E-state index in [1.54, 1.807) is 0 Å². The summed E-state index contributed by atoms with van der Waals surface area (Å²) in [7, 11) is 0. The van der Waals surface area contributed by atoms with Gasteiger partial charge in [0.05, 0.1) is 0 Å². The van der Waals surface area contributed by atoms with Crippen LogP contribution in [0, 0.1) is 18.6 Å². The van der Waals surface area contributed by atoms with Gasteiger partial charge in [-0.2, -0.15) is 13.2 Å². The van der Waals surface area contributed by atoms with Crippen LogP contribution in [-0.4, -0.2) is 0 Å². The van der Waals surface area contributed by atoms with E-state index < -0.39 is 23.4 Å². The third-order valence-electron chi connectivity index (χ3n) is 1.47. The lowest BCUT2D eigenvalue weighted by Gasteiger charge is -2.09. The number of hydrogen-bond acceptors (Lipinski definition) is 0. The minimum absolute atomic E-state index is 0.114. The van der Waals surface area contributed by atoms with E-state index in [-0.39, 0.29) is 5.56 Å². The van der Waals surface area contributed by atoms with E-state index in [4.69, 9.17) is 0 Å². The Bertz CT molecular complexity index is 303. The average molecular weight is 196 g/mol. The van der Waals surface area contributed by atoms with Gasteiger partial charge in [0.25, 0.3) is 0 Å². The zero-order valence-electron chi connectivity index (χ0n) is 6.54. The fourth-order valence-corrected chi connectivity index (χ4v) is 0.971. The molecule has 0 aliphatic rings. The van der Waals surface area contributed by atoms with Crippen LogP contribution in [0.1, 0.15) is 11.1 Å². The van der Waals surface area contributed by atoms with Crippen LogP contribution in [0.2, 0.25) is 0 Å². The number of alkyl halides is 3. The Morgan fingerprint density at radius 3 is 1.69 bits per heavy atom. The molecule has 1 aromatic carbocycles. The third kappa shape index (κ3) is 1.96. The summed E-state index contributed by atoms with van der Waals surface area (Å²) in [5, 5.41) is 0. The summed E-state index contributed by atoms with van der Waals surface area (Å²) in [6.07, 6.45) is -4.98. The molecule has 0 saturated carbocycles. The lowest BCUT2D eigenvalue weighted by atomic mass is 10.1. The van der Waals surface area contributed by atoms with E-state index in [9.17, 15) is 22.0 Å². The maximum absolute atomic E-state index is 12.6. The van der Waals surface area contributed by atoms with Crippen LogP contribution in [0.5, 0.6) is 0 Å². The maximum Gasteiger partial charge on any atom is 0.422 e. The molecule has 0 bridgehead atoms. The van der Waals surface area contributed by atoms with Crippen molar-refractivity contribution in [1.29, 1.82) is 0 Å². The first kappa shape index (κ1) is 9.95. The molecule has 1 aromatic rings. The summed E-state index contributed by atoms with van der Waals surface area (Å²) in [5.74, 6) is -3.16. The molecule has 0 heterocycles. The predicted octanol–water partition coefficient (Wildman–Crippen LogP) is 3.29. The maximum atomic E-state index is 12.6. The van der Waals surface area contributed by atoms with Gasteiger partial charge >= 0.3 is 6.18 Å². The normalized spacial score (nSPS) is 11.8. The van der Waals surface area contributed by atoms with Crippen molar-refractivity contribution < 1.29 is 22.0 Å². The zero-order valence-corrected chi connectivity index (χ0v) is 6.54. The Labute approximate surface area is 71.0 Å². The van der Waals surface area contributed by atoms with Crippen molar-refractivity contribution in [3.05, 3.63) is 34.9 Å². The van der Waals surface area contributed by atoms with Crippen molar-refractivity contribution in [3.63, 3.8) is 0 Å². The molecule has 0 unspecified atom stereocenters. The second-order valence-corrected chi connectivity index (χ2v) is 2.60. The van der Waals surface area contributed by atoms with E-state index in [0.29, 0.717) is 12.1 Å². The summed E-state index contributed by atoms with van der Waals surface area (Å²) in [6, 6.07) is 1.29. The first-order valence-corrected chi connectivity index (χ1v) is 3.35. The first-order valence-electron chi connectivity index (χ1n) is 3.35. The molecule has 0 spiro atoms. The molecule has 5 heteroatoms. The molecular weight excluding hydrogens is 191 g/mol. The van der Waals surface area contributed by atoms with Gasteiger partial charge in [-0.3, -0.25) is 0 Å². The van der Waals surface area contributed by atoms with Crippen molar-refractivity contribution in [2.24, 2.45) is 0 Å². The van der Waals surface area contributed by atoms with Crippen molar-refractivity contribution in [1.82, 2.24) is 0 Å². The van der Waals surface area contributed by atoms with Gasteiger partial charge in [-0.25, -0.2) is 8.78 Å². The molecule has 0 radical (unpaired) electrons. The number of aryl methyl sites for hydroxylation is 1. The van der Waals surface area contributed by atoms with E-state index in [0.717, 1.165) is 0 Å². The largest absolute Gasteiger partial charge is 0.422 e. The van der Waals surface area contributed by atoms with E-state index >= 15 is 0 Å². The van der Waals surface area contributed by atoms with Gasteiger partial charge in [-0.1, -0.05) is 0 Å². The highest BCUT2D eigenvalue weighted by Crippen LogP contribution is 2.33. The number of hydrogen-bond donors (Lipinski definition) is 0. The first-order chi connectivity index (χ1) is 5.82. The van der Waals surface area contributed by atoms with Crippen LogP contribution < -0.4 is 0 Å². The van der Waals surface area contributed by atoms with Crippen molar-refractivity contribution in [2.75, 3.05) is 0 Å². The molecule has 0 atom stereocenters. The van der Waals surface area contributed by atoms with Gasteiger partial charge in [0.2, 0.25) is 0 Å². The van der Waals surface area contributed by atoms with Crippen LogP contribution in [0.25, 0.3) is 0 Å². The molecule has 72 valence electrons. The monoisotopic (exact) mass is 196 g/mol. The topological polar surface area (TPSA) is 0 Å². The highest BCUT2D eigenvalue weighted by atomic mass is 19.4. The Balaban J connectivity index is 3.38. The Kier molecular flexibility index (Phi) is 2.28. The van der Waals surface area contributed by atoms with E-state index in [2.05, 4.69) is 0 Å². The van der Waals surface area contributed by atoms with Gasteiger partial charge in [-0.05, 0) is 24.6 Å². The summed E-state index contributed by atoms with van der Waals surface area (Å²) in [6.45, 7) is 1.31. The van der Waals surface area contributed by atoms with Gasteiger partial charge in [-0.15, -0.1) is 0 Å². The standard InChI is InChI=1S/C8H5F5/c1-4-2-5(9)7(6(10)3-4)8(11,12)13/h2-3H,1H3. The molecule has 0 nitrogen and oxygen atoms in total. The molecule has 0 saturated heterocycles. The molecule has 0 fully saturated rings.